The molecule has 2 amide bonds. The fraction of sp³-hybridized carbons (Fsp3) is 0.238. The number of nitrogens with zero attached hydrogens (tertiary/aromatic N) is 2. The summed E-state index contributed by atoms with van der Waals surface area (Å²) >= 11 is 0. The first-order valence-corrected chi connectivity index (χ1v) is 8.89. The number of carbonyl (C=O) groups excluding carboxylic acids is 1. The van der Waals surface area contributed by atoms with E-state index in [-0.39, 0.29) is 6.03 Å². The number of benzene rings is 2. The molecule has 0 saturated heterocycles. The SMILES string of the molecule is COc1ccc(C)cc1CCNC(=O)Nc1ccc(Cn2cccn2)cc1. The van der Waals surface area contributed by atoms with Gasteiger partial charge in [0.1, 0.15) is 5.75 Å². The van der Waals surface area contributed by atoms with E-state index in [1.54, 1.807) is 13.3 Å². The highest BCUT2D eigenvalue weighted by Gasteiger charge is 2.06. The molecule has 0 radical (unpaired) electrons. The van der Waals surface area contributed by atoms with Crippen LogP contribution in [0.1, 0.15) is 16.7 Å². The van der Waals surface area contributed by atoms with Gasteiger partial charge in [0.15, 0.2) is 0 Å². The summed E-state index contributed by atoms with van der Waals surface area (Å²) < 4.78 is 7.22. The summed E-state index contributed by atoms with van der Waals surface area (Å²) in [6.45, 7) is 3.28. The number of aryl methyl sites for hydroxylation is 1. The van der Waals surface area contributed by atoms with E-state index < -0.39 is 0 Å². The van der Waals surface area contributed by atoms with Gasteiger partial charge in [-0.3, -0.25) is 4.68 Å². The maximum absolute atomic E-state index is 12.1. The van der Waals surface area contributed by atoms with Crippen LogP contribution in [0, 0.1) is 6.92 Å². The third-order valence-electron chi connectivity index (χ3n) is 4.23. The van der Waals surface area contributed by atoms with Crippen LogP contribution in [0.3, 0.4) is 0 Å². The Bertz CT molecular complexity index is 874. The quantitative estimate of drug-likeness (QED) is 0.673. The minimum Gasteiger partial charge on any atom is -0.496 e. The van der Waals surface area contributed by atoms with Gasteiger partial charge >= 0.3 is 6.03 Å². The summed E-state index contributed by atoms with van der Waals surface area (Å²) in [5.41, 5.74) is 4.13. The number of methoxy groups -OCH3 is 1. The van der Waals surface area contributed by atoms with Gasteiger partial charge in [-0.05, 0) is 48.7 Å². The van der Waals surface area contributed by atoms with Crippen LogP contribution in [0.25, 0.3) is 0 Å². The van der Waals surface area contributed by atoms with Gasteiger partial charge < -0.3 is 15.4 Å². The predicted molar refractivity (Wildman–Crippen MR) is 106 cm³/mol. The summed E-state index contributed by atoms with van der Waals surface area (Å²) in [4.78, 5) is 12.1. The molecule has 1 aromatic heterocycles. The average Bonchev–Trinajstić information content (AvgIpc) is 3.17. The van der Waals surface area contributed by atoms with E-state index in [0.717, 1.165) is 22.6 Å². The molecule has 2 aromatic carbocycles. The number of hydrogen-bond acceptors (Lipinski definition) is 3. The van der Waals surface area contributed by atoms with Gasteiger partial charge in [0.2, 0.25) is 0 Å². The Labute approximate surface area is 159 Å². The highest BCUT2D eigenvalue weighted by molar-refractivity contribution is 5.89. The number of anilines is 1. The van der Waals surface area contributed by atoms with Gasteiger partial charge in [-0.15, -0.1) is 0 Å². The Balaban J connectivity index is 1.47. The molecule has 3 rings (SSSR count). The van der Waals surface area contributed by atoms with Crippen LogP contribution < -0.4 is 15.4 Å². The molecular formula is C21H24N4O2. The number of nitrogens with one attached hydrogen (secondary N) is 2. The van der Waals surface area contributed by atoms with Crippen molar-refractivity contribution in [2.75, 3.05) is 19.0 Å². The van der Waals surface area contributed by atoms with Gasteiger partial charge in [-0.1, -0.05) is 29.8 Å². The minimum absolute atomic E-state index is 0.221. The Kier molecular flexibility index (Phi) is 6.10. The van der Waals surface area contributed by atoms with Crippen molar-refractivity contribution in [3.63, 3.8) is 0 Å². The van der Waals surface area contributed by atoms with E-state index in [4.69, 9.17) is 4.74 Å². The standard InChI is InChI=1S/C21H24N4O2/c1-16-4-9-20(27-2)18(14-16)10-12-22-21(26)24-19-7-5-17(6-8-19)15-25-13-3-11-23-25/h3-9,11,13-14H,10,12,15H2,1-2H3,(H2,22,24,26). The normalized spacial score (nSPS) is 10.4. The van der Waals surface area contributed by atoms with Gasteiger partial charge in [0.05, 0.1) is 13.7 Å². The smallest absolute Gasteiger partial charge is 0.319 e. The molecule has 0 saturated carbocycles. The monoisotopic (exact) mass is 364 g/mol. The lowest BCUT2D eigenvalue weighted by Crippen LogP contribution is -2.30. The zero-order valence-corrected chi connectivity index (χ0v) is 15.6. The summed E-state index contributed by atoms with van der Waals surface area (Å²) in [6, 6.07) is 15.5. The van der Waals surface area contributed by atoms with E-state index in [9.17, 15) is 4.79 Å². The molecule has 1 heterocycles. The number of aromatic nitrogens is 2. The van der Waals surface area contributed by atoms with E-state index >= 15 is 0 Å². The lowest BCUT2D eigenvalue weighted by Gasteiger charge is -2.11. The Morgan fingerprint density at radius 2 is 2.00 bits per heavy atom. The maximum Gasteiger partial charge on any atom is 0.319 e. The molecule has 3 aromatic rings. The molecule has 0 spiro atoms. The molecule has 0 bridgehead atoms. The molecule has 0 aliphatic heterocycles. The van der Waals surface area contributed by atoms with Crippen LogP contribution in [0.4, 0.5) is 10.5 Å². The second-order valence-corrected chi connectivity index (χ2v) is 6.35. The van der Waals surface area contributed by atoms with Crippen molar-refractivity contribution >= 4 is 11.7 Å². The first-order valence-electron chi connectivity index (χ1n) is 8.89. The minimum atomic E-state index is -0.221. The molecule has 0 fully saturated rings. The molecule has 6 nitrogen and oxygen atoms in total. The predicted octanol–water partition coefficient (Wildman–Crippen LogP) is 3.61. The molecule has 27 heavy (non-hydrogen) atoms. The fourth-order valence-corrected chi connectivity index (χ4v) is 2.86. The highest BCUT2D eigenvalue weighted by atomic mass is 16.5. The van der Waals surface area contributed by atoms with Crippen molar-refractivity contribution in [2.45, 2.75) is 19.9 Å². The van der Waals surface area contributed by atoms with Crippen LogP contribution in [-0.2, 0) is 13.0 Å². The molecule has 2 N–H and O–H groups in total. The Hall–Kier alpha value is -3.28. The Morgan fingerprint density at radius 1 is 1.19 bits per heavy atom. The largest absolute Gasteiger partial charge is 0.496 e. The van der Waals surface area contributed by atoms with E-state index in [1.165, 1.54) is 5.56 Å². The van der Waals surface area contributed by atoms with Crippen molar-refractivity contribution in [3.8, 4) is 5.75 Å². The maximum atomic E-state index is 12.1. The zero-order chi connectivity index (χ0) is 19.1. The number of ether oxygens (including phenoxy) is 1. The van der Waals surface area contributed by atoms with Crippen LogP contribution in [0.15, 0.2) is 60.9 Å². The molecule has 140 valence electrons. The van der Waals surface area contributed by atoms with Crippen LogP contribution in [0.5, 0.6) is 5.75 Å². The van der Waals surface area contributed by atoms with E-state index in [1.807, 2.05) is 60.3 Å². The van der Waals surface area contributed by atoms with Crippen molar-refractivity contribution in [1.82, 2.24) is 15.1 Å². The van der Waals surface area contributed by atoms with Crippen LogP contribution in [0.2, 0.25) is 0 Å². The van der Waals surface area contributed by atoms with E-state index in [2.05, 4.69) is 21.8 Å². The number of urea groups is 1. The molecule has 0 aliphatic rings. The first kappa shape index (κ1) is 18.5. The van der Waals surface area contributed by atoms with Crippen molar-refractivity contribution in [1.29, 1.82) is 0 Å². The first-order chi connectivity index (χ1) is 13.1. The van der Waals surface area contributed by atoms with Crippen LogP contribution >= 0.6 is 0 Å². The summed E-state index contributed by atoms with van der Waals surface area (Å²) in [5.74, 6) is 0.843. The average molecular weight is 364 g/mol. The number of carbonyl (C=O) groups is 1. The summed E-state index contributed by atoms with van der Waals surface area (Å²) in [7, 11) is 1.66. The zero-order valence-electron chi connectivity index (χ0n) is 15.6. The number of hydrogen-bond donors (Lipinski definition) is 2. The lowest BCUT2D eigenvalue weighted by atomic mass is 10.1. The molecule has 0 atom stereocenters. The lowest BCUT2D eigenvalue weighted by molar-refractivity contribution is 0.252. The van der Waals surface area contributed by atoms with Crippen LogP contribution in [-0.4, -0.2) is 29.5 Å². The topological polar surface area (TPSA) is 68.2 Å². The second-order valence-electron chi connectivity index (χ2n) is 6.35. The molecule has 6 heteroatoms. The number of rotatable bonds is 7. The van der Waals surface area contributed by atoms with Crippen molar-refractivity contribution in [2.24, 2.45) is 0 Å². The highest BCUT2D eigenvalue weighted by Crippen LogP contribution is 2.19. The van der Waals surface area contributed by atoms with Gasteiger partial charge in [0, 0.05) is 24.6 Å². The van der Waals surface area contributed by atoms with Crippen molar-refractivity contribution in [3.05, 3.63) is 77.6 Å². The number of amides is 2. The van der Waals surface area contributed by atoms with Crippen molar-refractivity contribution < 1.29 is 9.53 Å². The summed E-state index contributed by atoms with van der Waals surface area (Å²) in [5, 5.41) is 9.92. The van der Waals surface area contributed by atoms with E-state index in [0.29, 0.717) is 19.5 Å². The molecule has 0 unspecified atom stereocenters. The van der Waals surface area contributed by atoms with Gasteiger partial charge in [0.25, 0.3) is 0 Å². The second kappa shape index (κ2) is 8.89. The molecule has 0 aliphatic carbocycles. The summed E-state index contributed by atoms with van der Waals surface area (Å²) in [6.07, 6.45) is 4.39. The van der Waals surface area contributed by atoms with Gasteiger partial charge in [-0.2, -0.15) is 5.10 Å². The Morgan fingerprint density at radius 3 is 2.70 bits per heavy atom. The third kappa shape index (κ3) is 5.34. The fourth-order valence-electron chi connectivity index (χ4n) is 2.86. The van der Waals surface area contributed by atoms with Gasteiger partial charge in [-0.25, -0.2) is 4.79 Å². The molecular weight excluding hydrogens is 340 g/mol. The third-order valence-corrected chi connectivity index (χ3v) is 4.23.